The van der Waals surface area contributed by atoms with Gasteiger partial charge in [-0.1, -0.05) is 26.0 Å². The van der Waals surface area contributed by atoms with Gasteiger partial charge in [0.25, 0.3) is 15.9 Å². The van der Waals surface area contributed by atoms with Crippen molar-refractivity contribution in [2.45, 2.75) is 23.6 Å². The molecule has 0 unspecified atom stereocenters. The summed E-state index contributed by atoms with van der Waals surface area (Å²) in [6.45, 7) is 4.20. The smallest absolute Gasteiger partial charge is 0.262 e. The van der Waals surface area contributed by atoms with Gasteiger partial charge >= 0.3 is 0 Å². The number of amides is 1. The van der Waals surface area contributed by atoms with Crippen LogP contribution in [-0.2, 0) is 20.0 Å². The normalized spacial score (nSPS) is 13.6. The number of anilines is 2. The molecule has 10 heteroatoms. The van der Waals surface area contributed by atoms with E-state index in [0.29, 0.717) is 35.1 Å². The molecule has 162 valence electrons. The minimum Gasteiger partial charge on any atom is -0.321 e. The van der Waals surface area contributed by atoms with E-state index in [4.69, 9.17) is 0 Å². The van der Waals surface area contributed by atoms with E-state index in [1.807, 2.05) is 0 Å². The lowest BCUT2D eigenvalue weighted by Gasteiger charge is -2.18. The van der Waals surface area contributed by atoms with Crippen LogP contribution >= 0.6 is 0 Å². The summed E-state index contributed by atoms with van der Waals surface area (Å²) in [5, 5.41) is 3.72. The average molecular weight is 460 g/mol. The highest BCUT2D eigenvalue weighted by Gasteiger charge is 2.27. The third-order valence-corrected chi connectivity index (χ3v) is 8.74. The van der Waals surface area contributed by atoms with Crippen LogP contribution in [0.4, 0.5) is 11.4 Å². The Morgan fingerprint density at radius 1 is 0.903 bits per heavy atom. The van der Waals surface area contributed by atoms with Crippen molar-refractivity contribution < 1.29 is 21.6 Å². The van der Waals surface area contributed by atoms with Crippen molar-refractivity contribution in [3.63, 3.8) is 0 Å². The Bertz CT molecular complexity index is 1390. The lowest BCUT2D eigenvalue weighted by Crippen LogP contribution is -2.30. The molecule has 0 spiro atoms. The molecule has 1 amide bonds. The number of sulfonamides is 2. The Kier molecular flexibility index (Phi) is 5.24. The third-order valence-electron chi connectivity index (χ3n) is 5.23. The average Bonchev–Trinajstić information content (AvgIpc) is 3.06. The molecule has 0 saturated heterocycles. The van der Waals surface area contributed by atoms with Crippen LogP contribution in [0.25, 0.3) is 10.8 Å². The summed E-state index contributed by atoms with van der Waals surface area (Å²) in [4.78, 5) is 12.2. The molecule has 2 N–H and O–H groups in total. The first-order chi connectivity index (χ1) is 14.7. The van der Waals surface area contributed by atoms with Gasteiger partial charge in [0, 0.05) is 40.8 Å². The lowest BCUT2D eigenvalue weighted by atomic mass is 10.1. The van der Waals surface area contributed by atoms with Crippen molar-refractivity contribution in [2.75, 3.05) is 23.1 Å². The molecule has 0 bridgehead atoms. The van der Waals surface area contributed by atoms with Crippen molar-refractivity contribution in [2.24, 2.45) is 0 Å². The minimum absolute atomic E-state index is 0.0319. The largest absolute Gasteiger partial charge is 0.321 e. The van der Waals surface area contributed by atoms with Crippen LogP contribution in [0, 0.1) is 0 Å². The van der Waals surface area contributed by atoms with Crippen LogP contribution in [-0.4, -0.2) is 40.1 Å². The van der Waals surface area contributed by atoms with Gasteiger partial charge in [-0.05, 0) is 42.5 Å². The third kappa shape index (κ3) is 3.56. The SMILES string of the molecule is CCN(CC)S(=O)(=O)c1ccc(NS(=O)(=O)c2ccc3c4c(cccc24)C(=O)N3)cc1. The second-order valence-corrected chi connectivity index (χ2v) is 10.6. The maximum Gasteiger partial charge on any atom is 0.262 e. The maximum absolute atomic E-state index is 13.1. The first-order valence-electron chi connectivity index (χ1n) is 9.69. The Morgan fingerprint density at radius 2 is 1.58 bits per heavy atom. The van der Waals surface area contributed by atoms with E-state index >= 15 is 0 Å². The Balaban J connectivity index is 1.68. The summed E-state index contributed by atoms with van der Waals surface area (Å²) in [5.74, 6) is -0.270. The molecule has 1 aliphatic heterocycles. The fraction of sp³-hybridized carbons (Fsp3) is 0.190. The highest BCUT2D eigenvalue weighted by Crippen LogP contribution is 2.37. The molecule has 0 fully saturated rings. The van der Waals surface area contributed by atoms with Crippen molar-refractivity contribution in [3.05, 3.63) is 60.2 Å². The van der Waals surface area contributed by atoms with Gasteiger partial charge in [-0.2, -0.15) is 4.31 Å². The molecule has 1 aliphatic rings. The van der Waals surface area contributed by atoms with Gasteiger partial charge in [-0.3, -0.25) is 9.52 Å². The van der Waals surface area contributed by atoms with Crippen LogP contribution in [0.3, 0.4) is 0 Å². The summed E-state index contributed by atoms with van der Waals surface area (Å²) in [6, 6.07) is 13.5. The molecule has 31 heavy (non-hydrogen) atoms. The van der Waals surface area contributed by atoms with Crippen molar-refractivity contribution in [1.82, 2.24) is 4.31 Å². The van der Waals surface area contributed by atoms with Gasteiger partial charge in [0.2, 0.25) is 10.0 Å². The zero-order valence-electron chi connectivity index (χ0n) is 16.9. The first kappa shape index (κ1) is 21.3. The number of carbonyl (C=O) groups excluding carboxylic acids is 1. The molecule has 0 aliphatic carbocycles. The fourth-order valence-corrected chi connectivity index (χ4v) is 6.44. The number of carbonyl (C=O) groups is 1. The predicted octanol–water partition coefficient (Wildman–Crippen LogP) is 3.24. The second kappa shape index (κ2) is 7.63. The van der Waals surface area contributed by atoms with Gasteiger partial charge in [0.05, 0.1) is 9.79 Å². The lowest BCUT2D eigenvalue weighted by molar-refractivity contribution is 0.103. The molecule has 0 saturated carbocycles. The Labute approximate surface area is 181 Å². The van der Waals surface area contributed by atoms with Crippen LogP contribution in [0.2, 0.25) is 0 Å². The zero-order chi connectivity index (χ0) is 22.4. The molecule has 8 nitrogen and oxygen atoms in total. The van der Waals surface area contributed by atoms with E-state index in [0.717, 1.165) is 0 Å². The molecule has 3 aromatic carbocycles. The number of benzene rings is 3. The van der Waals surface area contributed by atoms with Crippen LogP contribution in [0.1, 0.15) is 24.2 Å². The number of hydrogen-bond donors (Lipinski definition) is 2. The molecule has 0 atom stereocenters. The van der Waals surface area contributed by atoms with Gasteiger partial charge < -0.3 is 5.32 Å². The number of rotatable bonds is 7. The number of hydrogen-bond acceptors (Lipinski definition) is 5. The molecule has 0 radical (unpaired) electrons. The topological polar surface area (TPSA) is 113 Å². The molecule has 0 aromatic heterocycles. The standard InChI is InChI=1S/C21H21N3O5S2/c1-3-24(4-2)31(28,29)15-10-8-14(9-11-15)23-30(26,27)19-13-12-18-20-16(19)6-5-7-17(20)21(25)22-18/h5-13,23H,3-4H2,1-2H3,(H,22,25). The highest BCUT2D eigenvalue weighted by molar-refractivity contribution is 7.93. The number of nitrogens with zero attached hydrogens (tertiary/aromatic N) is 1. The summed E-state index contributed by atoms with van der Waals surface area (Å²) >= 11 is 0. The van der Waals surface area contributed by atoms with Crippen LogP contribution in [0.15, 0.2) is 64.4 Å². The van der Waals surface area contributed by atoms with Crippen LogP contribution in [0.5, 0.6) is 0 Å². The molecular weight excluding hydrogens is 438 g/mol. The van der Waals surface area contributed by atoms with Crippen LogP contribution < -0.4 is 10.0 Å². The van der Waals surface area contributed by atoms with Crippen molar-refractivity contribution >= 4 is 48.1 Å². The summed E-state index contributed by atoms with van der Waals surface area (Å²) in [5.41, 5.74) is 1.23. The molecule has 4 rings (SSSR count). The van der Waals surface area contributed by atoms with E-state index in [1.165, 1.54) is 34.6 Å². The van der Waals surface area contributed by atoms with E-state index in [1.54, 1.807) is 38.1 Å². The number of nitrogens with one attached hydrogen (secondary N) is 2. The maximum atomic E-state index is 13.1. The predicted molar refractivity (Wildman–Crippen MR) is 119 cm³/mol. The van der Waals surface area contributed by atoms with E-state index in [-0.39, 0.29) is 21.4 Å². The Hall–Kier alpha value is -2.95. The minimum atomic E-state index is -3.99. The van der Waals surface area contributed by atoms with Gasteiger partial charge in [0.1, 0.15) is 0 Å². The quantitative estimate of drug-likeness (QED) is 0.563. The van der Waals surface area contributed by atoms with E-state index in [9.17, 15) is 21.6 Å². The van der Waals surface area contributed by atoms with Gasteiger partial charge in [-0.15, -0.1) is 0 Å². The summed E-state index contributed by atoms with van der Waals surface area (Å²) < 4.78 is 55.2. The summed E-state index contributed by atoms with van der Waals surface area (Å²) in [6.07, 6.45) is 0. The van der Waals surface area contributed by atoms with E-state index in [2.05, 4.69) is 10.0 Å². The Morgan fingerprint density at radius 3 is 2.23 bits per heavy atom. The second-order valence-electron chi connectivity index (χ2n) is 7.01. The molecule has 3 aromatic rings. The van der Waals surface area contributed by atoms with Gasteiger partial charge in [-0.25, -0.2) is 16.8 Å². The van der Waals surface area contributed by atoms with Crippen molar-refractivity contribution in [1.29, 1.82) is 0 Å². The van der Waals surface area contributed by atoms with E-state index < -0.39 is 20.0 Å². The monoisotopic (exact) mass is 459 g/mol. The zero-order valence-corrected chi connectivity index (χ0v) is 18.5. The van der Waals surface area contributed by atoms with Gasteiger partial charge in [0.15, 0.2) is 0 Å². The summed E-state index contributed by atoms with van der Waals surface area (Å²) in [7, 11) is -7.62. The molecule has 1 heterocycles. The molecular formula is C21H21N3O5S2. The van der Waals surface area contributed by atoms with Crippen molar-refractivity contribution in [3.8, 4) is 0 Å². The highest BCUT2D eigenvalue weighted by atomic mass is 32.2. The fourth-order valence-electron chi connectivity index (χ4n) is 3.71. The first-order valence-corrected chi connectivity index (χ1v) is 12.6.